The summed E-state index contributed by atoms with van der Waals surface area (Å²) in [5, 5.41) is 0.740. The molecule has 4 rings (SSSR count). The van der Waals surface area contributed by atoms with Crippen molar-refractivity contribution in [2.24, 2.45) is 5.92 Å². The van der Waals surface area contributed by atoms with Crippen LogP contribution in [0.1, 0.15) is 11.1 Å². The van der Waals surface area contributed by atoms with Crippen LogP contribution in [0.15, 0.2) is 54.6 Å². The van der Waals surface area contributed by atoms with Crippen molar-refractivity contribution in [1.29, 1.82) is 0 Å². The van der Waals surface area contributed by atoms with Gasteiger partial charge in [-0.25, -0.2) is 8.42 Å². The second-order valence-corrected chi connectivity index (χ2v) is 9.35. The van der Waals surface area contributed by atoms with Crippen LogP contribution >= 0.6 is 11.6 Å². The zero-order valence-corrected chi connectivity index (χ0v) is 15.5. The van der Waals surface area contributed by atoms with Gasteiger partial charge in [-0.1, -0.05) is 54.1 Å². The highest BCUT2D eigenvalue weighted by atomic mass is 35.5. The SMILES string of the molecule is O=S(=O)(Cc1ccccc1)N1C[C@@H]2CN(Cc3ccc(Cl)cc3)[C@H]2C1. The lowest BCUT2D eigenvalue weighted by Gasteiger charge is -2.43. The molecule has 0 bridgehead atoms. The van der Waals surface area contributed by atoms with Gasteiger partial charge < -0.3 is 0 Å². The molecule has 25 heavy (non-hydrogen) atoms. The van der Waals surface area contributed by atoms with Crippen molar-refractivity contribution in [3.05, 3.63) is 70.7 Å². The minimum atomic E-state index is -3.25. The molecule has 0 amide bonds. The molecule has 0 spiro atoms. The average molecular weight is 377 g/mol. The van der Waals surface area contributed by atoms with Gasteiger partial charge in [-0.3, -0.25) is 4.90 Å². The van der Waals surface area contributed by atoms with Gasteiger partial charge >= 0.3 is 0 Å². The summed E-state index contributed by atoms with van der Waals surface area (Å²) in [5.74, 6) is 0.544. The summed E-state index contributed by atoms with van der Waals surface area (Å²) >= 11 is 5.93. The van der Waals surface area contributed by atoms with E-state index >= 15 is 0 Å². The molecule has 2 saturated heterocycles. The molecule has 2 aliphatic heterocycles. The van der Waals surface area contributed by atoms with Gasteiger partial charge in [-0.2, -0.15) is 4.31 Å². The number of benzene rings is 2. The van der Waals surface area contributed by atoms with Gasteiger partial charge in [0.05, 0.1) is 5.75 Å². The fraction of sp³-hybridized carbons (Fsp3) is 0.368. The molecule has 2 heterocycles. The minimum Gasteiger partial charge on any atom is -0.294 e. The van der Waals surface area contributed by atoms with Crippen molar-refractivity contribution in [2.75, 3.05) is 19.6 Å². The standard InChI is InChI=1S/C19H21ClN2O2S/c20-18-8-6-15(7-9-18)10-21-11-17-12-22(13-19(17)21)25(23,24)14-16-4-2-1-3-5-16/h1-9,17,19H,10-14H2/t17-,19-/m0/s1. The highest BCUT2D eigenvalue weighted by Gasteiger charge is 2.48. The molecule has 6 heteroatoms. The van der Waals surface area contributed by atoms with Gasteiger partial charge in [-0.15, -0.1) is 0 Å². The van der Waals surface area contributed by atoms with Crippen LogP contribution in [0.25, 0.3) is 0 Å². The summed E-state index contributed by atoms with van der Waals surface area (Å²) in [7, 11) is -3.25. The summed E-state index contributed by atoms with van der Waals surface area (Å²) in [4.78, 5) is 2.37. The van der Waals surface area contributed by atoms with Crippen LogP contribution in [0.4, 0.5) is 0 Å². The second-order valence-electron chi connectivity index (χ2n) is 6.94. The number of hydrogen-bond acceptors (Lipinski definition) is 3. The smallest absolute Gasteiger partial charge is 0.218 e. The van der Waals surface area contributed by atoms with Gasteiger partial charge in [-0.05, 0) is 23.3 Å². The normalized spacial score (nSPS) is 24.0. The highest BCUT2D eigenvalue weighted by Crippen LogP contribution is 2.35. The lowest BCUT2D eigenvalue weighted by atomic mass is 9.91. The maximum absolute atomic E-state index is 12.7. The molecule has 4 nitrogen and oxygen atoms in total. The van der Waals surface area contributed by atoms with Gasteiger partial charge in [0, 0.05) is 43.2 Å². The Kier molecular flexibility index (Phi) is 4.58. The van der Waals surface area contributed by atoms with Crippen LogP contribution in [0.5, 0.6) is 0 Å². The third kappa shape index (κ3) is 3.60. The first kappa shape index (κ1) is 17.0. The average Bonchev–Trinajstić information content (AvgIpc) is 2.93. The molecule has 2 aliphatic rings. The first-order chi connectivity index (χ1) is 12.0. The van der Waals surface area contributed by atoms with E-state index in [-0.39, 0.29) is 5.75 Å². The molecule has 0 aromatic heterocycles. The van der Waals surface area contributed by atoms with E-state index in [0.29, 0.717) is 25.0 Å². The first-order valence-corrected chi connectivity index (χ1v) is 10.5. The van der Waals surface area contributed by atoms with E-state index in [9.17, 15) is 8.42 Å². The maximum atomic E-state index is 12.7. The summed E-state index contributed by atoms with van der Waals surface area (Å²) in [5.41, 5.74) is 2.06. The van der Waals surface area contributed by atoms with Crippen LogP contribution in [-0.2, 0) is 22.3 Å². The van der Waals surface area contributed by atoms with Crippen LogP contribution in [-0.4, -0.2) is 43.3 Å². The predicted octanol–water partition coefficient (Wildman–Crippen LogP) is 2.99. The van der Waals surface area contributed by atoms with Crippen molar-refractivity contribution in [1.82, 2.24) is 9.21 Å². The molecule has 0 N–H and O–H groups in total. The fourth-order valence-corrected chi connectivity index (χ4v) is 5.54. The third-order valence-electron chi connectivity index (χ3n) is 5.20. The van der Waals surface area contributed by atoms with E-state index in [1.54, 1.807) is 4.31 Å². The van der Waals surface area contributed by atoms with Gasteiger partial charge in [0.2, 0.25) is 10.0 Å². The molecule has 0 aliphatic carbocycles. The molecule has 132 valence electrons. The van der Waals surface area contributed by atoms with Crippen molar-refractivity contribution in [2.45, 2.75) is 18.3 Å². The van der Waals surface area contributed by atoms with E-state index in [0.717, 1.165) is 23.7 Å². The quantitative estimate of drug-likeness (QED) is 0.805. The Morgan fingerprint density at radius 2 is 1.64 bits per heavy atom. The van der Waals surface area contributed by atoms with Gasteiger partial charge in [0.1, 0.15) is 0 Å². The Morgan fingerprint density at radius 3 is 2.36 bits per heavy atom. The Labute approximate surface area is 154 Å². The molecule has 0 unspecified atom stereocenters. The lowest BCUT2D eigenvalue weighted by molar-refractivity contribution is 0.0435. The third-order valence-corrected chi connectivity index (χ3v) is 7.23. The topological polar surface area (TPSA) is 40.6 Å². The van der Waals surface area contributed by atoms with Crippen LogP contribution < -0.4 is 0 Å². The fourth-order valence-electron chi connectivity index (χ4n) is 3.82. The van der Waals surface area contributed by atoms with Crippen molar-refractivity contribution >= 4 is 21.6 Å². The van der Waals surface area contributed by atoms with E-state index in [2.05, 4.69) is 4.90 Å². The number of sulfonamides is 1. The number of halogens is 1. The van der Waals surface area contributed by atoms with Crippen molar-refractivity contribution in [3.8, 4) is 0 Å². The number of fused-ring (bicyclic) bond motifs is 1. The highest BCUT2D eigenvalue weighted by molar-refractivity contribution is 7.88. The molecule has 2 atom stereocenters. The summed E-state index contributed by atoms with van der Waals surface area (Å²) in [6.07, 6.45) is 0. The first-order valence-electron chi connectivity index (χ1n) is 8.51. The number of likely N-dealkylation sites (tertiary alicyclic amines) is 1. The van der Waals surface area contributed by atoms with Crippen molar-refractivity contribution < 1.29 is 8.42 Å². The van der Waals surface area contributed by atoms with Crippen LogP contribution in [0, 0.1) is 5.92 Å². The molecular weight excluding hydrogens is 356 g/mol. The molecule has 2 aromatic rings. The van der Waals surface area contributed by atoms with Gasteiger partial charge in [0.15, 0.2) is 0 Å². The molecule has 0 saturated carbocycles. The number of rotatable bonds is 5. The van der Waals surface area contributed by atoms with Crippen LogP contribution in [0.3, 0.4) is 0 Å². The molecular formula is C19H21ClN2O2S. The zero-order valence-electron chi connectivity index (χ0n) is 13.9. The largest absolute Gasteiger partial charge is 0.294 e. The summed E-state index contributed by atoms with van der Waals surface area (Å²) in [6.45, 7) is 3.07. The summed E-state index contributed by atoms with van der Waals surface area (Å²) < 4.78 is 27.1. The van der Waals surface area contributed by atoms with Crippen LogP contribution in [0.2, 0.25) is 5.02 Å². The molecule has 2 aromatic carbocycles. The van der Waals surface area contributed by atoms with Crippen molar-refractivity contribution in [3.63, 3.8) is 0 Å². The second kappa shape index (κ2) is 6.72. The Balaban J connectivity index is 1.39. The van der Waals surface area contributed by atoms with E-state index in [1.165, 1.54) is 5.56 Å². The Hall–Kier alpha value is -1.40. The minimum absolute atomic E-state index is 0.0878. The molecule has 2 fully saturated rings. The lowest BCUT2D eigenvalue weighted by Crippen LogP contribution is -2.54. The predicted molar refractivity (Wildman–Crippen MR) is 99.8 cm³/mol. The molecule has 0 radical (unpaired) electrons. The Morgan fingerprint density at radius 1 is 0.920 bits per heavy atom. The monoisotopic (exact) mass is 376 g/mol. The Bertz CT molecular complexity index is 839. The number of nitrogens with zero attached hydrogens (tertiary/aromatic N) is 2. The van der Waals surface area contributed by atoms with E-state index in [1.807, 2.05) is 54.6 Å². The van der Waals surface area contributed by atoms with E-state index < -0.39 is 10.0 Å². The number of hydrogen-bond donors (Lipinski definition) is 0. The maximum Gasteiger partial charge on any atom is 0.218 e. The zero-order chi connectivity index (χ0) is 17.4. The van der Waals surface area contributed by atoms with E-state index in [4.69, 9.17) is 11.6 Å². The van der Waals surface area contributed by atoms with Gasteiger partial charge in [0.25, 0.3) is 0 Å². The summed E-state index contributed by atoms with van der Waals surface area (Å²) in [6, 6.07) is 17.6.